The van der Waals surface area contributed by atoms with Gasteiger partial charge in [0.1, 0.15) is 16.8 Å². The van der Waals surface area contributed by atoms with Crippen LogP contribution < -0.4 is 5.32 Å². The molecule has 0 aliphatic heterocycles. The molecular formula is C15H14ClF2N3. The zero-order valence-corrected chi connectivity index (χ0v) is 12.1. The van der Waals surface area contributed by atoms with Crippen LogP contribution in [0.15, 0.2) is 18.2 Å². The molecule has 3 rings (SSSR count). The fourth-order valence-electron chi connectivity index (χ4n) is 2.47. The predicted molar refractivity (Wildman–Crippen MR) is 77.4 cm³/mol. The molecule has 0 saturated carbocycles. The Morgan fingerprint density at radius 2 is 1.95 bits per heavy atom. The van der Waals surface area contributed by atoms with E-state index in [9.17, 15) is 8.78 Å². The molecule has 1 aromatic carbocycles. The molecular weight excluding hydrogens is 296 g/mol. The second-order valence-electron chi connectivity index (χ2n) is 5.06. The highest BCUT2D eigenvalue weighted by Gasteiger charge is 2.16. The van der Waals surface area contributed by atoms with E-state index >= 15 is 0 Å². The number of aryl methyl sites for hydroxylation is 1. The Labute approximate surface area is 126 Å². The van der Waals surface area contributed by atoms with Crippen molar-refractivity contribution in [1.29, 1.82) is 0 Å². The molecule has 0 bridgehead atoms. The smallest absolute Gasteiger partial charge is 0.224 e. The predicted octanol–water partition coefficient (Wildman–Crippen LogP) is 3.90. The van der Waals surface area contributed by atoms with Crippen molar-refractivity contribution in [3.63, 3.8) is 0 Å². The van der Waals surface area contributed by atoms with Gasteiger partial charge in [0.25, 0.3) is 0 Å². The lowest BCUT2D eigenvalue weighted by molar-refractivity contribution is 0.574. The fraction of sp³-hybridized carbons (Fsp3) is 0.333. The lowest BCUT2D eigenvalue weighted by atomic mass is 9.97. The molecule has 1 aliphatic carbocycles. The number of hydrogen-bond acceptors (Lipinski definition) is 3. The lowest BCUT2D eigenvalue weighted by Crippen LogP contribution is -2.12. The zero-order valence-electron chi connectivity index (χ0n) is 11.3. The van der Waals surface area contributed by atoms with Crippen LogP contribution in [0.5, 0.6) is 0 Å². The van der Waals surface area contributed by atoms with Gasteiger partial charge in [-0.3, -0.25) is 0 Å². The Kier molecular flexibility index (Phi) is 4.01. The molecule has 2 aromatic rings. The highest BCUT2D eigenvalue weighted by atomic mass is 35.5. The van der Waals surface area contributed by atoms with Crippen molar-refractivity contribution >= 4 is 17.5 Å². The minimum atomic E-state index is -0.593. The third-order valence-electron chi connectivity index (χ3n) is 3.58. The van der Waals surface area contributed by atoms with Gasteiger partial charge in [-0.2, -0.15) is 0 Å². The Morgan fingerprint density at radius 1 is 1.14 bits per heavy atom. The van der Waals surface area contributed by atoms with E-state index in [1.165, 1.54) is 12.1 Å². The molecule has 0 amide bonds. The number of benzene rings is 1. The Morgan fingerprint density at radius 3 is 2.76 bits per heavy atom. The molecule has 1 aliphatic rings. The first-order chi connectivity index (χ1) is 10.1. The summed E-state index contributed by atoms with van der Waals surface area (Å²) in [5.41, 5.74) is 2.33. The number of nitrogens with zero attached hydrogens (tertiary/aromatic N) is 2. The van der Waals surface area contributed by atoms with Crippen LogP contribution in [0.4, 0.5) is 14.7 Å². The molecule has 21 heavy (non-hydrogen) atoms. The van der Waals surface area contributed by atoms with E-state index in [0.29, 0.717) is 16.7 Å². The van der Waals surface area contributed by atoms with E-state index in [-0.39, 0.29) is 6.54 Å². The quantitative estimate of drug-likeness (QED) is 0.874. The lowest BCUT2D eigenvalue weighted by Gasteiger charge is -2.17. The van der Waals surface area contributed by atoms with Crippen LogP contribution in [0.2, 0.25) is 5.15 Å². The minimum Gasteiger partial charge on any atom is -0.350 e. The summed E-state index contributed by atoms with van der Waals surface area (Å²) in [4.78, 5) is 8.63. The number of nitrogens with one attached hydrogen (secondary N) is 1. The van der Waals surface area contributed by atoms with Gasteiger partial charge in [-0.15, -0.1) is 0 Å². The maximum absolute atomic E-state index is 13.6. The van der Waals surface area contributed by atoms with E-state index in [2.05, 4.69) is 15.3 Å². The van der Waals surface area contributed by atoms with Gasteiger partial charge in [-0.1, -0.05) is 17.7 Å². The number of fused-ring (bicyclic) bond motifs is 1. The van der Waals surface area contributed by atoms with Gasteiger partial charge in [0.05, 0.1) is 5.69 Å². The normalized spacial score (nSPS) is 13.9. The van der Waals surface area contributed by atoms with Crippen molar-refractivity contribution in [2.24, 2.45) is 0 Å². The van der Waals surface area contributed by atoms with Crippen molar-refractivity contribution < 1.29 is 8.78 Å². The first-order valence-corrected chi connectivity index (χ1v) is 7.24. The zero-order chi connectivity index (χ0) is 14.8. The average Bonchev–Trinajstić information content (AvgIpc) is 2.46. The summed E-state index contributed by atoms with van der Waals surface area (Å²) in [7, 11) is 0. The molecule has 0 radical (unpaired) electrons. The topological polar surface area (TPSA) is 37.8 Å². The third kappa shape index (κ3) is 3.13. The molecule has 3 nitrogen and oxygen atoms in total. The summed E-state index contributed by atoms with van der Waals surface area (Å²) in [5.74, 6) is -0.805. The standard InChI is InChI=1S/C15H14ClF2N3/c16-14-11-3-1-2-4-13(11)20-15(21-14)19-8-9-5-6-10(17)7-12(9)18/h5-7H,1-4,8H2,(H,19,20,21). The maximum Gasteiger partial charge on any atom is 0.224 e. The van der Waals surface area contributed by atoms with E-state index in [4.69, 9.17) is 11.6 Å². The number of anilines is 1. The van der Waals surface area contributed by atoms with Gasteiger partial charge < -0.3 is 5.32 Å². The van der Waals surface area contributed by atoms with Gasteiger partial charge in [0.2, 0.25) is 5.95 Å². The van der Waals surface area contributed by atoms with Crippen LogP contribution in [0.25, 0.3) is 0 Å². The monoisotopic (exact) mass is 309 g/mol. The Hall–Kier alpha value is -1.75. The summed E-state index contributed by atoms with van der Waals surface area (Å²) < 4.78 is 26.4. The first-order valence-electron chi connectivity index (χ1n) is 6.86. The molecule has 0 saturated heterocycles. The van der Waals surface area contributed by atoms with Crippen LogP contribution >= 0.6 is 11.6 Å². The molecule has 0 unspecified atom stereocenters. The van der Waals surface area contributed by atoms with E-state index < -0.39 is 11.6 Å². The Balaban J connectivity index is 1.77. The van der Waals surface area contributed by atoms with Crippen molar-refractivity contribution in [2.45, 2.75) is 32.2 Å². The molecule has 1 N–H and O–H groups in total. The van der Waals surface area contributed by atoms with Crippen LogP contribution in [0.3, 0.4) is 0 Å². The highest BCUT2D eigenvalue weighted by Crippen LogP contribution is 2.26. The van der Waals surface area contributed by atoms with Crippen molar-refractivity contribution in [3.05, 3.63) is 51.8 Å². The molecule has 1 heterocycles. The fourth-order valence-corrected chi connectivity index (χ4v) is 2.75. The molecule has 110 valence electrons. The molecule has 1 aromatic heterocycles. The van der Waals surface area contributed by atoms with Gasteiger partial charge in [-0.05, 0) is 31.7 Å². The number of hydrogen-bond donors (Lipinski definition) is 1. The summed E-state index contributed by atoms with van der Waals surface area (Å²) in [6, 6.07) is 3.48. The van der Waals surface area contributed by atoms with Crippen molar-refractivity contribution in [1.82, 2.24) is 9.97 Å². The first kappa shape index (κ1) is 14.2. The second kappa shape index (κ2) is 5.93. The minimum absolute atomic E-state index is 0.182. The summed E-state index contributed by atoms with van der Waals surface area (Å²) in [5, 5.41) is 3.40. The van der Waals surface area contributed by atoms with E-state index in [1.54, 1.807) is 0 Å². The summed E-state index contributed by atoms with van der Waals surface area (Å²) in [6.45, 7) is 0.182. The highest BCUT2D eigenvalue weighted by molar-refractivity contribution is 6.30. The van der Waals surface area contributed by atoms with Crippen molar-refractivity contribution in [3.8, 4) is 0 Å². The largest absolute Gasteiger partial charge is 0.350 e. The number of halogens is 3. The SMILES string of the molecule is Fc1ccc(CNc2nc(Cl)c3c(n2)CCCC3)c(F)c1. The maximum atomic E-state index is 13.6. The van der Waals surface area contributed by atoms with Crippen LogP contribution in [0, 0.1) is 11.6 Å². The van der Waals surface area contributed by atoms with Crippen molar-refractivity contribution in [2.75, 3.05) is 5.32 Å². The van der Waals surface area contributed by atoms with E-state index in [0.717, 1.165) is 43.0 Å². The van der Waals surface area contributed by atoms with E-state index in [1.807, 2.05) is 0 Å². The van der Waals surface area contributed by atoms with Gasteiger partial charge in [0.15, 0.2) is 0 Å². The number of aromatic nitrogens is 2. The number of rotatable bonds is 3. The molecule has 0 spiro atoms. The van der Waals surface area contributed by atoms with Gasteiger partial charge >= 0.3 is 0 Å². The second-order valence-corrected chi connectivity index (χ2v) is 5.42. The van der Waals surface area contributed by atoms with Crippen LogP contribution in [-0.2, 0) is 19.4 Å². The summed E-state index contributed by atoms with van der Waals surface area (Å²) in [6.07, 6.45) is 3.98. The average molecular weight is 310 g/mol. The molecule has 6 heteroatoms. The van der Waals surface area contributed by atoms with Crippen LogP contribution in [0.1, 0.15) is 29.7 Å². The Bertz CT molecular complexity index is 676. The van der Waals surface area contributed by atoms with Gasteiger partial charge in [0, 0.05) is 23.7 Å². The van der Waals surface area contributed by atoms with Crippen LogP contribution in [-0.4, -0.2) is 9.97 Å². The third-order valence-corrected chi connectivity index (χ3v) is 3.90. The molecule has 0 atom stereocenters. The summed E-state index contributed by atoms with van der Waals surface area (Å²) >= 11 is 6.17. The van der Waals surface area contributed by atoms with Gasteiger partial charge in [-0.25, -0.2) is 18.7 Å². The molecule has 0 fully saturated rings.